The minimum Gasteiger partial charge on any atom is -0.0604 e. The second-order valence-electron chi connectivity index (χ2n) is 9.79. The first kappa shape index (κ1) is 50.9. The summed E-state index contributed by atoms with van der Waals surface area (Å²) in [5.41, 5.74) is 14.6. The van der Waals surface area contributed by atoms with Crippen LogP contribution in [0.1, 0.15) is 0 Å². The van der Waals surface area contributed by atoms with Crippen LogP contribution >= 0.6 is 0 Å². The van der Waals surface area contributed by atoms with Crippen molar-refractivity contribution in [3.8, 4) is 0 Å². The van der Waals surface area contributed by atoms with E-state index < -0.39 is 0 Å². The van der Waals surface area contributed by atoms with Gasteiger partial charge in [0.15, 0.2) is 0 Å². The Morgan fingerprint density at radius 2 is 0.360 bits per heavy atom. The van der Waals surface area contributed by atoms with Crippen LogP contribution in [-0.2, 0) is 68.3 Å². The van der Waals surface area contributed by atoms with Gasteiger partial charge in [-0.25, -0.2) is 0 Å². The number of allylic oxidation sites excluding steroid dienone is 2. The Kier molecular flexibility index (Phi) is 35.1. The maximum Gasteiger partial charge on any atom is 0.0175 e. The molecule has 8 fully saturated rings. The zero-order valence-electron chi connectivity index (χ0n) is 27.2. The molecule has 8 aliphatic rings. The second-order valence-corrected chi connectivity index (χ2v) is 9.79. The van der Waals surface area contributed by atoms with E-state index in [0.29, 0.717) is 0 Å². The third-order valence-electron chi connectivity index (χ3n) is 6.47. The zero-order valence-corrected chi connectivity index (χ0v) is 31.6. The fraction of sp³-hybridized carbons (Fsp3) is 0. The van der Waals surface area contributed by atoms with Crippen molar-refractivity contribution in [1.29, 1.82) is 0 Å². The monoisotopic (exact) mass is 812 g/mol. The minimum atomic E-state index is 0. The van der Waals surface area contributed by atoms with E-state index in [4.69, 9.17) is 0 Å². The summed E-state index contributed by atoms with van der Waals surface area (Å²) in [6.45, 7) is 0. The summed E-state index contributed by atoms with van der Waals surface area (Å²) >= 11 is 0. The number of rotatable bonds is 4. The van der Waals surface area contributed by atoms with Gasteiger partial charge in [-0.1, -0.05) is 11.5 Å². The summed E-state index contributed by atoms with van der Waals surface area (Å²) in [6.07, 6.45) is 72.9. The molecule has 8 saturated carbocycles. The van der Waals surface area contributed by atoms with Crippen molar-refractivity contribution in [1.82, 2.24) is 0 Å². The van der Waals surface area contributed by atoms with Gasteiger partial charge in [0.25, 0.3) is 0 Å². The molecular formula is C46H36Fe4. The van der Waals surface area contributed by atoms with Crippen LogP contribution in [0.2, 0.25) is 0 Å². The molecule has 4 heteroatoms. The summed E-state index contributed by atoms with van der Waals surface area (Å²) in [7, 11) is 0. The average Bonchev–Trinajstić information content (AvgIpc) is 3.99. The van der Waals surface area contributed by atoms with Crippen molar-refractivity contribution in [2.45, 2.75) is 0 Å². The molecule has 0 heterocycles. The molecule has 0 bridgehead atoms. The van der Waals surface area contributed by atoms with Gasteiger partial charge in [0, 0.05) is 91.9 Å². The van der Waals surface area contributed by atoms with E-state index in [1.807, 2.05) is 180 Å². The van der Waals surface area contributed by atoms with Crippen LogP contribution in [0, 0.1) is 255 Å². The predicted octanol–water partition coefficient (Wildman–Crippen LogP) is 8.60. The molecule has 8 rings (SSSR count). The summed E-state index contributed by atoms with van der Waals surface area (Å²) < 4.78 is 0. The zero-order chi connectivity index (χ0) is 31.7. The SMILES string of the molecule is C(=C=C=C([C]1[CH][CH][CH][CH]1)[C]1[CH][CH][CH][CH]1)=C=C([C]1[CH][CH][CH][CH]1)[C]1[CH][CH][CH][CH]1.[CH]1[CH][CH][CH][CH]1.[CH]1[CH][CH][CH][CH]1.[CH]1[CH][CH][CH][CH]1.[CH]1[CH][CH][CH][CH]1.[Fe].[Fe].[Fe].[Fe]. The van der Waals surface area contributed by atoms with Crippen molar-refractivity contribution >= 4 is 0 Å². The smallest absolute Gasteiger partial charge is 0.0175 e. The summed E-state index contributed by atoms with van der Waals surface area (Å²) in [6, 6.07) is 0. The Morgan fingerprint density at radius 3 is 0.500 bits per heavy atom. The van der Waals surface area contributed by atoms with E-state index in [9.17, 15) is 0 Å². The molecule has 252 valence electrons. The van der Waals surface area contributed by atoms with Crippen LogP contribution in [0.4, 0.5) is 0 Å². The van der Waals surface area contributed by atoms with Crippen molar-refractivity contribution in [3.05, 3.63) is 289 Å². The van der Waals surface area contributed by atoms with Crippen LogP contribution in [0.25, 0.3) is 0 Å². The average molecular weight is 812 g/mol. The van der Waals surface area contributed by atoms with Gasteiger partial charge in [0.05, 0.1) is 0 Å². The molecule has 50 heavy (non-hydrogen) atoms. The van der Waals surface area contributed by atoms with Crippen LogP contribution in [-0.4, -0.2) is 0 Å². The van der Waals surface area contributed by atoms with Crippen molar-refractivity contribution in [2.75, 3.05) is 0 Å². The molecule has 0 aliphatic heterocycles. The predicted molar refractivity (Wildman–Crippen MR) is 189 cm³/mol. The van der Waals surface area contributed by atoms with Crippen molar-refractivity contribution in [3.63, 3.8) is 0 Å². The summed E-state index contributed by atoms with van der Waals surface area (Å²) in [5.74, 6) is 4.51. The van der Waals surface area contributed by atoms with Crippen LogP contribution in [0.3, 0.4) is 0 Å². The Labute approximate surface area is 354 Å². The fourth-order valence-corrected chi connectivity index (χ4v) is 4.26. The number of hydrogen-bond donors (Lipinski definition) is 0. The molecule has 0 spiro atoms. The van der Waals surface area contributed by atoms with E-state index in [0.717, 1.165) is 34.8 Å². The maximum absolute atomic E-state index is 3.25. The van der Waals surface area contributed by atoms with E-state index in [2.05, 4.69) is 74.3 Å². The third-order valence-corrected chi connectivity index (χ3v) is 6.47. The molecule has 0 aromatic carbocycles. The molecule has 8 aliphatic carbocycles. The fourth-order valence-electron chi connectivity index (χ4n) is 4.26. The van der Waals surface area contributed by atoms with Gasteiger partial charge in [-0.2, -0.15) is 0 Å². The van der Waals surface area contributed by atoms with E-state index in [1.54, 1.807) is 0 Å². The molecule has 0 N–H and O–H groups in total. The van der Waals surface area contributed by atoms with Crippen LogP contribution in [0.5, 0.6) is 0 Å². The van der Waals surface area contributed by atoms with Gasteiger partial charge in [0.1, 0.15) is 0 Å². The summed E-state index contributed by atoms with van der Waals surface area (Å²) in [4.78, 5) is 0. The minimum absolute atomic E-state index is 0. The molecule has 0 nitrogen and oxygen atoms in total. The second kappa shape index (κ2) is 34.4. The topological polar surface area (TPSA) is 0 Å². The molecule has 0 aromatic rings. The van der Waals surface area contributed by atoms with Crippen molar-refractivity contribution < 1.29 is 68.3 Å². The summed E-state index contributed by atoms with van der Waals surface area (Å²) in [5, 5.41) is 0. The van der Waals surface area contributed by atoms with Gasteiger partial charge in [-0.05, 0) is 254 Å². The Balaban J connectivity index is 0.000000810. The Morgan fingerprint density at radius 1 is 0.220 bits per heavy atom. The number of hydrogen-bond acceptors (Lipinski definition) is 0. The van der Waals surface area contributed by atoms with Crippen LogP contribution in [0.15, 0.2) is 34.1 Å². The molecule has 0 atom stereocenters. The van der Waals surface area contributed by atoms with E-state index >= 15 is 0 Å². The molecular weight excluding hydrogens is 776 g/mol. The first-order valence-corrected chi connectivity index (χ1v) is 15.2. The quantitative estimate of drug-likeness (QED) is 0.197. The van der Waals surface area contributed by atoms with Gasteiger partial charge in [-0.3, -0.25) is 0 Å². The van der Waals surface area contributed by atoms with Crippen molar-refractivity contribution in [2.24, 2.45) is 0 Å². The first-order valence-electron chi connectivity index (χ1n) is 15.2. The van der Waals surface area contributed by atoms with E-state index in [-0.39, 0.29) is 68.3 Å². The first-order chi connectivity index (χ1) is 22.9. The largest absolute Gasteiger partial charge is 0.0604 e. The van der Waals surface area contributed by atoms with E-state index in [1.165, 1.54) is 0 Å². The molecule has 0 amide bonds. The molecule has 0 unspecified atom stereocenters. The normalized spacial score (nSPS) is 22.6. The van der Waals surface area contributed by atoms with Gasteiger partial charge in [-0.15, -0.1) is 0 Å². The van der Waals surface area contributed by atoms with Gasteiger partial charge < -0.3 is 0 Å². The Hall–Kier alpha value is 0.938. The molecule has 0 saturated heterocycles. The Bertz CT molecular complexity index is 772. The molecule has 40 radical (unpaired) electrons. The molecule has 0 aromatic heterocycles. The third kappa shape index (κ3) is 21.7. The maximum atomic E-state index is 3.25. The van der Waals surface area contributed by atoms with Crippen LogP contribution < -0.4 is 0 Å². The van der Waals surface area contributed by atoms with Gasteiger partial charge >= 0.3 is 0 Å². The standard InChI is InChI=1S/C26H16.4C5H5.4Fe/c1-2-12-21(11-1)25(22-13-3-4-14-22)19-9-10-20-26(23-15-5-6-16-23)24-17-7-8-18-24;4*1-2-4-5-3-1;;;;/h1-8,11-18H;4*1-5H;;;;. The van der Waals surface area contributed by atoms with Gasteiger partial charge in [0.2, 0.25) is 0 Å².